The average molecular weight is 224 g/mol. The third kappa shape index (κ3) is 1.40. The topological polar surface area (TPSA) is 37.3 Å². The quantitative estimate of drug-likeness (QED) is 0.730. The van der Waals surface area contributed by atoms with E-state index in [1.54, 1.807) is 0 Å². The summed E-state index contributed by atoms with van der Waals surface area (Å²) in [6.45, 7) is 1.98. The van der Waals surface area contributed by atoms with E-state index in [9.17, 15) is 4.79 Å². The number of thiol groups is 1. The summed E-state index contributed by atoms with van der Waals surface area (Å²) < 4.78 is 1.55. The van der Waals surface area contributed by atoms with Crippen LogP contribution in [0.25, 0.3) is 10.1 Å². The fraction of sp³-hybridized carbons (Fsp3) is 0.100. The average Bonchev–Trinajstić information content (AvgIpc) is 2.39. The van der Waals surface area contributed by atoms with Gasteiger partial charge < -0.3 is 5.11 Å². The molecule has 2 aromatic rings. The number of aryl methyl sites for hydroxylation is 1. The number of carbonyl (C=O) groups is 1. The number of hydrogen-bond donors (Lipinski definition) is 2. The zero-order valence-corrected chi connectivity index (χ0v) is 9.15. The summed E-state index contributed by atoms with van der Waals surface area (Å²) in [6.07, 6.45) is 0. The lowest BCUT2D eigenvalue weighted by Crippen LogP contribution is -1.94. The minimum Gasteiger partial charge on any atom is -0.478 e. The molecule has 0 bridgehead atoms. The van der Waals surface area contributed by atoms with E-state index in [1.165, 1.54) is 11.3 Å². The van der Waals surface area contributed by atoms with Gasteiger partial charge in [-0.25, -0.2) is 4.79 Å². The van der Waals surface area contributed by atoms with Gasteiger partial charge in [0.25, 0.3) is 0 Å². The summed E-state index contributed by atoms with van der Waals surface area (Å²) in [5, 5.41) is 9.76. The largest absolute Gasteiger partial charge is 0.478 e. The molecule has 1 heterocycles. The molecular formula is C10H8O2S2. The summed E-state index contributed by atoms with van der Waals surface area (Å²) >= 11 is 5.57. The lowest BCUT2D eigenvalue weighted by molar-refractivity contribution is 0.0696. The maximum atomic E-state index is 10.9. The van der Waals surface area contributed by atoms with Crippen LogP contribution in [0.1, 0.15) is 15.9 Å². The first-order chi connectivity index (χ1) is 6.59. The molecule has 0 saturated heterocycles. The molecule has 72 valence electrons. The van der Waals surface area contributed by atoms with Crippen molar-refractivity contribution in [3.63, 3.8) is 0 Å². The first kappa shape index (κ1) is 9.55. The van der Waals surface area contributed by atoms with Gasteiger partial charge in [-0.15, -0.1) is 24.0 Å². The maximum Gasteiger partial charge on any atom is 0.338 e. The van der Waals surface area contributed by atoms with Crippen molar-refractivity contribution in [2.45, 2.75) is 11.1 Å². The molecule has 14 heavy (non-hydrogen) atoms. The Labute approximate surface area is 90.6 Å². The Balaban J connectivity index is 2.84. The highest BCUT2D eigenvalue weighted by atomic mass is 32.2. The van der Waals surface area contributed by atoms with E-state index in [2.05, 4.69) is 12.6 Å². The number of fused-ring (bicyclic) bond motifs is 1. The molecule has 0 aliphatic carbocycles. The Bertz CT molecular complexity index is 514. The van der Waals surface area contributed by atoms with Gasteiger partial charge >= 0.3 is 5.97 Å². The van der Waals surface area contributed by atoms with E-state index in [4.69, 9.17) is 5.11 Å². The molecular weight excluding hydrogens is 216 g/mol. The summed E-state index contributed by atoms with van der Waals surface area (Å²) in [7, 11) is 0. The minimum atomic E-state index is -0.912. The number of benzene rings is 1. The summed E-state index contributed by atoms with van der Waals surface area (Å²) in [5.41, 5.74) is 1.44. The van der Waals surface area contributed by atoms with Gasteiger partial charge in [0.2, 0.25) is 0 Å². The van der Waals surface area contributed by atoms with Crippen LogP contribution >= 0.6 is 24.0 Å². The third-order valence-electron chi connectivity index (χ3n) is 2.04. The van der Waals surface area contributed by atoms with Crippen LogP contribution in [0.5, 0.6) is 0 Å². The van der Waals surface area contributed by atoms with Crippen LogP contribution in [-0.2, 0) is 0 Å². The zero-order chi connectivity index (χ0) is 10.3. The smallest absolute Gasteiger partial charge is 0.338 e. The maximum absolute atomic E-state index is 10.9. The van der Waals surface area contributed by atoms with Crippen LogP contribution in [0.4, 0.5) is 0 Å². The number of carboxylic acid groups (broad SMARTS) is 1. The van der Waals surface area contributed by atoms with E-state index < -0.39 is 5.97 Å². The van der Waals surface area contributed by atoms with Crippen LogP contribution in [0.2, 0.25) is 0 Å². The predicted octanol–water partition coefficient (Wildman–Crippen LogP) is 3.20. The second-order valence-corrected chi connectivity index (χ2v) is 4.89. The Kier molecular flexibility index (Phi) is 2.25. The van der Waals surface area contributed by atoms with Crippen LogP contribution < -0.4 is 0 Å². The van der Waals surface area contributed by atoms with Crippen LogP contribution in [0.15, 0.2) is 22.4 Å². The van der Waals surface area contributed by atoms with Crippen molar-refractivity contribution < 1.29 is 9.90 Å². The molecule has 2 rings (SSSR count). The minimum absolute atomic E-state index is 0.313. The van der Waals surface area contributed by atoms with Crippen molar-refractivity contribution in [3.8, 4) is 0 Å². The molecule has 0 unspecified atom stereocenters. The highest BCUT2D eigenvalue weighted by Gasteiger charge is 2.15. The van der Waals surface area contributed by atoms with E-state index in [0.717, 1.165) is 15.6 Å². The lowest BCUT2D eigenvalue weighted by Gasteiger charge is -1.94. The first-order valence-electron chi connectivity index (χ1n) is 4.05. The Morgan fingerprint density at radius 1 is 1.50 bits per heavy atom. The van der Waals surface area contributed by atoms with Crippen molar-refractivity contribution in [2.24, 2.45) is 0 Å². The fourth-order valence-electron chi connectivity index (χ4n) is 1.40. The standard InChI is InChI=1S/C10H8O2S2/c1-5-2-3-6-7(4-5)14-10(13)8(6)9(11)12/h2-4,13H,1H3,(H,11,12). The highest BCUT2D eigenvalue weighted by molar-refractivity contribution is 7.83. The van der Waals surface area contributed by atoms with Crippen molar-refractivity contribution in [2.75, 3.05) is 0 Å². The first-order valence-corrected chi connectivity index (χ1v) is 5.31. The normalized spacial score (nSPS) is 10.7. The van der Waals surface area contributed by atoms with E-state index in [1.807, 2.05) is 25.1 Å². The molecule has 1 aromatic carbocycles. The van der Waals surface area contributed by atoms with Crippen LogP contribution in [-0.4, -0.2) is 11.1 Å². The van der Waals surface area contributed by atoms with Crippen molar-refractivity contribution in [1.29, 1.82) is 0 Å². The number of rotatable bonds is 1. The van der Waals surface area contributed by atoms with Crippen molar-refractivity contribution in [1.82, 2.24) is 0 Å². The van der Waals surface area contributed by atoms with Gasteiger partial charge in [-0.2, -0.15) is 0 Å². The Morgan fingerprint density at radius 3 is 2.86 bits per heavy atom. The van der Waals surface area contributed by atoms with Crippen LogP contribution in [0, 0.1) is 6.92 Å². The Hall–Kier alpha value is -1.00. The summed E-state index contributed by atoms with van der Waals surface area (Å²) in [5.74, 6) is -0.912. The van der Waals surface area contributed by atoms with E-state index in [0.29, 0.717) is 9.77 Å². The molecule has 1 aromatic heterocycles. The van der Waals surface area contributed by atoms with Gasteiger partial charge in [-0.1, -0.05) is 12.1 Å². The summed E-state index contributed by atoms with van der Waals surface area (Å²) in [4.78, 5) is 10.9. The SMILES string of the molecule is Cc1ccc2c(C(=O)O)c(S)sc2c1. The van der Waals surface area contributed by atoms with E-state index in [-0.39, 0.29) is 0 Å². The van der Waals surface area contributed by atoms with Gasteiger partial charge in [0.15, 0.2) is 0 Å². The molecule has 0 aliphatic rings. The zero-order valence-electron chi connectivity index (χ0n) is 7.44. The van der Waals surface area contributed by atoms with Crippen molar-refractivity contribution in [3.05, 3.63) is 29.3 Å². The molecule has 0 atom stereocenters. The molecule has 0 fully saturated rings. The number of carboxylic acids is 1. The van der Waals surface area contributed by atoms with E-state index >= 15 is 0 Å². The van der Waals surface area contributed by atoms with Crippen molar-refractivity contribution >= 4 is 40.0 Å². The Morgan fingerprint density at radius 2 is 2.21 bits per heavy atom. The molecule has 4 heteroatoms. The number of aromatic carboxylic acids is 1. The number of thiophene rings is 1. The monoisotopic (exact) mass is 224 g/mol. The lowest BCUT2D eigenvalue weighted by atomic mass is 10.1. The van der Waals surface area contributed by atoms with Gasteiger partial charge in [0.05, 0.1) is 9.77 Å². The molecule has 0 spiro atoms. The predicted molar refractivity (Wildman–Crippen MR) is 60.8 cm³/mol. The third-order valence-corrected chi connectivity index (χ3v) is 3.49. The van der Waals surface area contributed by atoms with Gasteiger partial charge in [0, 0.05) is 10.1 Å². The van der Waals surface area contributed by atoms with Gasteiger partial charge in [-0.05, 0) is 18.6 Å². The molecule has 0 radical (unpaired) electrons. The highest BCUT2D eigenvalue weighted by Crippen LogP contribution is 2.34. The fourth-order valence-corrected chi connectivity index (χ4v) is 2.94. The molecule has 0 amide bonds. The molecule has 1 N–H and O–H groups in total. The second-order valence-electron chi connectivity index (χ2n) is 3.09. The molecule has 2 nitrogen and oxygen atoms in total. The van der Waals surface area contributed by atoms with Crippen LogP contribution in [0.3, 0.4) is 0 Å². The summed E-state index contributed by atoms with van der Waals surface area (Å²) in [6, 6.07) is 5.73. The van der Waals surface area contributed by atoms with Gasteiger partial charge in [-0.3, -0.25) is 0 Å². The van der Waals surface area contributed by atoms with Gasteiger partial charge in [0.1, 0.15) is 0 Å². The second kappa shape index (κ2) is 3.29. The number of hydrogen-bond acceptors (Lipinski definition) is 3. The molecule has 0 aliphatic heterocycles. The molecule has 0 saturated carbocycles.